The lowest BCUT2D eigenvalue weighted by Gasteiger charge is -2.36. The molecule has 2 aromatic rings. The lowest BCUT2D eigenvalue weighted by atomic mass is 9.82. The second-order valence-corrected chi connectivity index (χ2v) is 5.48. The maximum atomic E-state index is 12.4. The number of nitrogens with zero attached hydrogens (tertiary/aromatic N) is 3. The van der Waals surface area contributed by atoms with Crippen LogP contribution in [0.15, 0.2) is 29.5 Å². The maximum absolute atomic E-state index is 12.4. The Bertz CT molecular complexity index is 628. The van der Waals surface area contributed by atoms with Gasteiger partial charge in [-0.05, 0) is 24.7 Å². The summed E-state index contributed by atoms with van der Waals surface area (Å²) in [6.45, 7) is 2.20. The predicted octanol–water partition coefficient (Wildman–Crippen LogP) is 1.22. The van der Waals surface area contributed by atoms with Crippen molar-refractivity contribution in [1.29, 1.82) is 0 Å². The molecule has 0 unspecified atom stereocenters. The molecule has 6 heteroatoms. The van der Waals surface area contributed by atoms with Crippen LogP contribution in [-0.2, 0) is 11.3 Å². The highest BCUT2D eigenvalue weighted by atomic mass is 32.1. The third-order valence-electron chi connectivity index (χ3n) is 3.93. The Morgan fingerprint density at radius 2 is 2.16 bits per heavy atom. The molecule has 0 spiro atoms. The monoisotopic (exact) mass is 279 g/mol. The van der Waals surface area contributed by atoms with E-state index >= 15 is 0 Å². The second kappa shape index (κ2) is 5.02. The van der Waals surface area contributed by atoms with E-state index in [4.69, 9.17) is 4.74 Å². The molecule has 0 N–H and O–H groups in total. The number of aromatic nitrogens is 3. The summed E-state index contributed by atoms with van der Waals surface area (Å²) in [4.78, 5) is 12.4. The van der Waals surface area contributed by atoms with Crippen LogP contribution in [0, 0.1) is 5.41 Å². The first-order valence-corrected chi connectivity index (χ1v) is 7.09. The van der Waals surface area contributed by atoms with E-state index in [0.29, 0.717) is 12.1 Å². The molecule has 3 heterocycles. The number of ether oxygens (including phenoxy) is 1. The zero-order valence-corrected chi connectivity index (χ0v) is 11.6. The fraction of sp³-hybridized carbons (Fsp3) is 0.538. The van der Waals surface area contributed by atoms with Crippen LogP contribution in [-0.4, -0.2) is 33.1 Å². The molecule has 2 aromatic heterocycles. The van der Waals surface area contributed by atoms with E-state index in [2.05, 4.69) is 17.7 Å². The molecular weight excluding hydrogens is 262 g/mol. The summed E-state index contributed by atoms with van der Waals surface area (Å²) in [6, 6.07) is 1.75. The first-order chi connectivity index (χ1) is 9.24. The average Bonchev–Trinajstić information content (AvgIpc) is 2.92. The van der Waals surface area contributed by atoms with Crippen molar-refractivity contribution in [3.05, 3.63) is 35.0 Å². The molecule has 102 valence electrons. The van der Waals surface area contributed by atoms with Crippen LogP contribution in [0.2, 0.25) is 0 Å². The van der Waals surface area contributed by atoms with Crippen LogP contribution in [0.25, 0.3) is 5.52 Å². The smallest absolute Gasteiger partial charge is 0.276 e. The number of fused-ring (bicyclic) bond motifs is 1. The molecule has 19 heavy (non-hydrogen) atoms. The van der Waals surface area contributed by atoms with Crippen molar-refractivity contribution in [2.45, 2.75) is 19.4 Å². The van der Waals surface area contributed by atoms with Gasteiger partial charge in [0.25, 0.3) is 5.56 Å². The van der Waals surface area contributed by atoms with E-state index in [1.165, 1.54) is 0 Å². The fourth-order valence-electron chi connectivity index (χ4n) is 2.62. The van der Waals surface area contributed by atoms with Gasteiger partial charge in [-0.2, -0.15) is 17.7 Å². The van der Waals surface area contributed by atoms with Gasteiger partial charge in [0.1, 0.15) is 5.52 Å². The fourth-order valence-corrected chi connectivity index (χ4v) is 3.03. The zero-order valence-electron chi connectivity index (χ0n) is 10.7. The Morgan fingerprint density at radius 3 is 2.89 bits per heavy atom. The highest BCUT2D eigenvalue weighted by Crippen LogP contribution is 2.33. The van der Waals surface area contributed by atoms with Crippen LogP contribution in [0.4, 0.5) is 0 Å². The van der Waals surface area contributed by atoms with Crippen LogP contribution in [0.1, 0.15) is 12.8 Å². The topological polar surface area (TPSA) is 48.5 Å². The van der Waals surface area contributed by atoms with Gasteiger partial charge in [-0.25, -0.2) is 4.52 Å². The van der Waals surface area contributed by atoms with E-state index in [-0.39, 0.29) is 11.0 Å². The molecule has 0 aliphatic carbocycles. The van der Waals surface area contributed by atoms with E-state index in [1.807, 2.05) is 12.4 Å². The van der Waals surface area contributed by atoms with Crippen LogP contribution < -0.4 is 5.56 Å². The lowest BCUT2D eigenvalue weighted by Crippen LogP contribution is -2.38. The summed E-state index contributed by atoms with van der Waals surface area (Å²) >= 11 is 4.49. The van der Waals surface area contributed by atoms with Crippen molar-refractivity contribution < 1.29 is 4.74 Å². The highest BCUT2D eigenvalue weighted by Gasteiger charge is 2.32. The number of hydrogen-bond donors (Lipinski definition) is 1. The molecular formula is C13H17N3O2S. The number of thiol groups is 1. The minimum Gasteiger partial charge on any atom is -0.381 e. The summed E-state index contributed by atoms with van der Waals surface area (Å²) in [5.41, 5.74) is 0.681. The molecule has 1 aliphatic rings. The SMILES string of the molecule is O=c1c2ccnn2ccn1CC1(CS)CCOCC1. The van der Waals surface area contributed by atoms with Gasteiger partial charge in [0.15, 0.2) is 0 Å². The Balaban J connectivity index is 1.95. The standard InChI is InChI=1S/C13H17N3O2S/c17-12-11-1-4-14-16(11)6-5-15(12)9-13(10-19)2-7-18-8-3-13/h1,4-6,19H,2-3,7-10H2. The molecule has 1 aliphatic heterocycles. The minimum atomic E-state index is 0.00708. The average molecular weight is 279 g/mol. The van der Waals surface area contributed by atoms with Crippen LogP contribution >= 0.6 is 12.6 Å². The van der Waals surface area contributed by atoms with E-state index < -0.39 is 0 Å². The summed E-state index contributed by atoms with van der Waals surface area (Å²) in [5, 5.41) is 4.07. The van der Waals surface area contributed by atoms with Gasteiger partial charge in [0.2, 0.25) is 0 Å². The molecule has 1 fully saturated rings. The molecule has 0 atom stereocenters. The molecule has 1 saturated heterocycles. The van der Waals surface area contributed by atoms with Crippen molar-refractivity contribution >= 4 is 18.1 Å². The maximum Gasteiger partial charge on any atom is 0.276 e. The summed E-state index contributed by atoms with van der Waals surface area (Å²) in [5.74, 6) is 0.771. The van der Waals surface area contributed by atoms with E-state index in [9.17, 15) is 4.79 Å². The predicted molar refractivity (Wildman–Crippen MR) is 75.8 cm³/mol. The molecule has 5 nitrogen and oxygen atoms in total. The zero-order chi connectivity index (χ0) is 13.3. The Hall–Kier alpha value is -1.27. The van der Waals surface area contributed by atoms with Gasteiger partial charge in [-0.1, -0.05) is 0 Å². The molecule has 0 aromatic carbocycles. The molecule has 0 saturated carbocycles. The summed E-state index contributed by atoms with van der Waals surface area (Å²) < 4.78 is 8.80. The minimum absolute atomic E-state index is 0.00708. The number of rotatable bonds is 3. The summed E-state index contributed by atoms with van der Waals surface area (Å²) in [7, 11) is 0. The Morgan fingerprint density at radius 1 is 1.37 bits per heavy atom. The van der Waals surface area contributed by atoms with Crippen LogP contribution in [0.3, 0.4) is 0 Å². The molecule has 0 amide bonds. The first-order valence-electron chi connectivity index (χ1n) is 6.46. The van der Waals surface area contributed by atoms with Gasteiger partial charge in [-0.3, -0.25) is 4.79 Å². The normalized spacial score (nSPS) is 18.8. The third-order valence-corrected chi connectivity index (χ3v) is 4.60. The molecule has 0 bridgehead atoms. The molecule has 3 rings (SSSR count). The quantitative estimate of drug-likeness (QED) is 0.860. The van der Waals surface area contributed by atoms with Gasteiger partial charge in [-0.15, -0.1) is 0 Å². The largest absolute Gasteiger partial charge is 0.381 e. The van der Waals surface area contributed by atoms with Gasteiger partial charge < -0.3 is 9.30 Å². The third kappa shape index (κ3) is 2.30. The Kier molecular flexibility index (Phi) is 3.36. The molecule has 0 radical (unpaired) electrons. The van der Waals surface area contributed by atoms with Gasteiger partial charge in [0.05, 0.1) is 6.20 Å². The van der Waals surface area contributed by atoms with Crippen molar-refractivity contribution in [3.63, 3.8) is 0 Å². The van der Waals surface area contributed by atoms with Crippen molar-refractivity contribution in [3.8, 4) is 0 Å². The van der Waals surface area contributed by atoms with Crippen molar-refractivity contribution in [2.75, 3.05) is 19.0 Å². The Labute approximate surface area is 116 Å². The van der Waals surface area contributed by atoms with E-state index in [1.54, 1.807) is 21.3 Å². The van der Waals surface area contributed by atoms with E-state index in [0.717, 1.165) is 31.8 Å². The van der Waals surface area contributed by atoms with Gasteiger partial charge >= 0.3 is 0 Å². The van der Waals surface area contributed by atoms with Crippen molar-refractivity contribution in [1.82, 2.24) is 14.2 Å². The second-order valence-electron chi connectivity index (χ2n) is 5.16. The first kappa shape index (κ1) is 12.7. The summed E-state index contributed by atoms with van der Waals surface area (Å²) in [6.07, 6.45) is 7.18. The van der Waals surface area contributed by atoms with Crippen LogP contribution in [0.5, 0.6) is 0 Å². The van der Waals surface area contributed by atoms with Gasteiger partial charge in [0, 0.05) is 37.6 Å². The van der Waals surface area contributed by atoms with Crippen molar-refractivity contribution in [2.24, 2.45) is 5.41 Å². The highest BCUT2D eigenvalue weighted by molar-refractivity contribution is 7.80. The lowest BCUT2D eigenvalue weighted by molar-refractivity contribution is 0.0177. The number of hydrogen-bond acceptors (Lipinski definition) is 4.